The Kier molecular flexibility index (Phi) is 3.38. The van der Waals surface area contributed by atoms with Crippen molar-refractivity contribution >= 4 is 5.78 Å². The van der Waals surface area contributed by atoms with Gasteiger partial charge in [0.1, 0.15) is 0 Å². The Morgan fingerprint density at radius 2 is 1.83 bits per heavy atom. The molecule has 0 saturated heterocycles. The number of aliphatic hydroxyl groups is 1. The van der Waals surface area contributed by atoms with E-state index < -0.39 is 0 Å². The lowest BCUT2D eigenvalue weighted by atomic mass is 9.43. The molecule has 5 rings (SSSR count). The molecule has 4 saturated carbocycles. The second-order valence-electron chi connectivity index (χ2n) is 9.94. The molecular formula is C22H32O2. The zero-order valence-corrected chi connectivity index (χ0v) is 15.0. The lowest BCUT2D eigenvalue weighted by molar-refractivity contribution is -0.152. The fourth-order valence-corrected chi connectivity index (χ4v) is 8.35. The number of carbonyl (C=O) groups is 1. The number of fused-ring (bicyclic) bond motifs is 4. The van der Waals surface area contributed by atoms with E-state index in [4.69, 9.17) is 0 Å². The summed E-state index contributed by atoms with van der Waals surface area (Å²) < 4.78 is 0. The molecule has 0 amide bonds. The molecule has 0 aromatic carbocycles. The number of allylic oxidation sites excluding steroid dienone is 2. The summed E-state index contributed by atoms with van der Waals surface area (Å²) in [6.07, 6.45) is 16.0. The average molecular weight is 328 g/mol. The van der Waals surface area contributed by atoms with Gasteiger partial charge in [0.05, 0.1) is 6.10 Å². The van der Waals surface area contributed by atoms with E-state index in [9.17, 15) is 9.90 Å². The number of hydrogen-bond acceptors (Lipinski definition) is 2. The van der Waals surface area contributed by atoms with Crippen molar-refractivity contribution in [2.75, 3.05) is 0 Å². The molecule has 0 radical (unpaired) electrons. The maximum Gasteiger partial charge on any atom is 0.162 e. The van der Waals surface area contributed by atoms with E-state index in [0.717, 1.165) is 43.4 Å². The topological polar surface area (TPSA) is 37.3 Å². The van der Waals surface area contributed by atoms with Gasteiger partial charge in [-0.15, -0.1) is 0 Å². The molecule has 2 nitrogen and oxygen atoms in total. The molecule has 0 unspecified atom stereocenters. The minimum absolute atomic E-state index is 0.0211. The third kappa shape index (κ3) is 1.84. The first-order valence-corrected chi connectivity index (χ1v) is 10.4. The number of rotatable bonds is 0. The number of ketones is 1. The van der Waals surface area contributed by atoms with Crippen LogP contribution in [0.2, 0.25) is 0 Å². The van der Waals surface area contributed by atoms with Crippen LogP contribution < -0.4 is 0 Å². The van der Waals surface area contributed by atoms with Gasteiger partial charge < -0.3 is 5.11 Å². The van der Waals surface area contributed by atoms with Gasteiger partial charge >= 0.3 is 0 Å². The highest BCUT2D eigenvalue weighted by molar-refractivity contribution is 5.96. The fourth-order valence-electron chi connectivity index (χ4n) is 8.35. The summed E-state index contributed by atoms with van der Waals surface area (Å²) in [5.41, 5.74) is 0.447. The van der Waals surface area contributed by atoms with Gasteiger partial charge in [0.15, 0.2) is 5.78 Å². The van der Waals surface area contributed by atoms with Gasteiger partial charge in [-0.05, 0) is 105 Å². The maximum absolute atomic E-state index is 13.0. The van der Waals surface area contributed by atoms with Crippen molar-refractivity contribution in [3.05, 3.63) is 12.2 Å². The molecule has 0 aliphatic heterocycles. The van der Waals surface area contributed by atoms with E-state index in [2.05, 4.69) is 13.0 Å². The molecule has 1 spiro atoms. The summed E-state index contributed by atoms with van der Waals surface area (Å²) in [6, 6.07) is 0. The molecule has 0 aromatic rings. The van der Waals surface area contributed by atoms with Crippen molar-refractivity contribution in [3.8, 4) is 0 Å². The molecule has 4 fully saturated rings. The predicted molar refractivity (Wildman–Crippen MR) is 94.3 cm³/mol. The molecule has 0 aromatic heterocycles. The molecular weight excluding hydrogens is 296 g/mol. The first-order chi connectivity index (χ1) is 11.6. The largest absolute Gasteiger partial charge is 0.393 e. The van der Waals surface area contributed by atoms with Crippen LogP contribution in [0.25, 0.3) is 0 Å². The molecule has 8 atom stereocenters. The number of hydrogen-bond donors (Lipinski definition) is 1. The summed E-state index contributed by atoms with van der Waals surface area (Å²) in [5, 5.41) is 10.1. The Labute approximate surface area is 146 Å². The van der Waals surface area contributed by atoms with Crippen LogP contribution >= 0.6 is 0 Å². The van der Waals surface area contributed by atoms with Crippen LogP contribution in [0.5, 0.6) is 0 Å². The van der Waals surface area contributed by atoms with Crippen LogP contribution in [0.15, 0.2) is 12.2 Å². The minimum Gasteiger partial charge on any atom is -0.393 e. The lowest BCUT2D eigenvalue weighted by Gasteiger charge is -2.61. The van der Waals surface area contributed by atoms with Crippen LogP contribution in [0.1, 0.15) is 71.1 Å². The monoisotopic (exact) mass is 328 g/mol. The highest BCUT2D eigenvalue weighted by Gasteiger charge is 2.63. The first kappa shape index (κ1) is 15.6. The standard InChI is InChI=1S/C22H32O2/c1-21-11-9-16(23)13-15(21)5-7-17-18(21)10-12-22-14(6-8-19(17)22)3-2-4-20(22)24/h2,4,14-19,23H,3,5-13H2,1H3/t14-,15-,16+,17+,18-,19-,21-,22-/m0/s1. The molecule has 0 bridgehead atoms. The first-order valence-electron chi connectivity index (χ1n) is 10.4. The quantitative estimate of drug-likeness (QED) is 0.710. The smallest absolute Gasteiger partial charge is 0.162 e. The van der Waals surface area contributed by atoms with E-state index in [1.54, 1.807) is 0 Å². The van der Waals surface area contributed by atoms with E-state index in [-0.39, 0.29) is 11.5 Å². The van der Waals surface area contributed by atoms with Crippen molar-refractivity contribution < 1.29 is 9.90 Å². The Balaban J connectivity index is 1.49. The molecule has 0 heterocycles. The highest BCUT2D eigenvalue weighted by Crippen LogP contribution is 2.68. The Bertz CT molecular complexity index is 581. The summed E-state index contributed by atoms with van der Waals surface area (Å²) in [7, 11) is 0. The summed E-state index contributed by atoms with van der Waals surface area (Å²) >= 11 is 0. The van der Waals surface area contributed by atoms with Crippen molar-refractivity contribution in [1.29, 1.82) is 0 Å². The Hall–Kier alpha value is -0.630. The molecule has 24 heavy (non-hydrogen) atoms. The molecule has 1 N–H and O–H groups in total. The van der Waals surface area contributed by atoms with Gasteiger partial charge in [0.25, 0.3) is 0 Å². The normalized spacial score (nSPS) is 56.2. The summed E-state index contributed by atoms with van der Waals surface area (Å²) in [6.45, 7) is 2.54. The van der Waals surface area contributed by atoms with Crippen molar-refractivity contribution in [2.45, 2.75) is 77.2 Å². The van der Waals surface area contributed by atoms with Gasteiger partial charge in [-0.25, -0.2) is 0 Å². The molecule has 132 valence electrons. The Morgan fingerprint density at radius 1 is 1.00 bits per heavy atom. The Morgan fingerprint density at radius 3 is 2.71 bits per heavy atom. The van der Waals surface area contributed by atoms with Gasteiger partial charge in [0.2, 0.25) is 0 Å². The van der Waals surface area contributed by atoms with Crippen LogP contribution in [0, 0.1) is 40.4 Å². The van der Waals surface area contributed by atoms with Crippen molar-refractivity contribution in [3.63, 3.8) is 0 Å². The van der Waals surface area contributed by atoms with E-state index >= 15 is 0 Å². The third-order valence-electron chi connectivity index (χ3n) is 9.47. The van der Waals surface area contributed by atoms with E-state index in [1.165, 1.54) is 38.5 Å². The SMILES string of the molecule is C[C@]12CC[C@@H](O)C[C@@H]1CC[C@@H]1[C@@H]2CC[C@]23C(=O)C=CC[C@H]2CC[C@@H]13. The average Bonchev–Trinajstić information content (AvgIpc) is 2.97. The fraction of sp³-hybridized carbons (Fsp3) is 0.864. The van der Waals surface area contributed by atoms with Gasteiger partial charge in [-0.3, -0.25) is 4.79 Å². The zero-order valence-electron chi connectivity index (χ0n) is 15.0. The van der Waals surface area contributed by atoms with Crippen LogP contribution in [0.4, 0.5) is 0 Å². The van der Waals surface area contributed by atoms with Gasteiger partial charge in [0, 0.05) is 5.41 Å². The minimum atomic E-state index is -0.0597. The summed E-state index contributed by atoms with van der Waals surface area (Å²) in [5.74, 6) is 4.07. The maximum atomic E-state index is 13.0. The summed E-state index contributed by atoms with van der Waals surface area (Å²) in [4.78, 5) is 13.0. The zero-order chi connectivity index (χ0) is 16.5. The van der Waals surface area contributed by atoms with E-state index in [0.29, 0.717) is 23.0 Å². The third-order valence-corrected chi connectivity index (χ3v) is 9.47. The van der Waals surface area contributed by atoms with Crippen LogP contribution in [-0.4, -0.2) is 17.0 Å². The van der Waals surface area contributed by atoms with Crippen LogP contribution in [0.3, 0.4) is 0 Å². The molecule has 2 heteroatoms. The second kappa shape index (κ2) is 5.19. The second-order valence-corrected chi connectivity index (χ2v) is 9.94. The lowest BCUT2D eigenvalue weighted by Crippen LogP contribution is -2.56. The van der Waals surface area contributed by atoms with Crippen molar-refractivity contribution in [1.82, 2.24) is 0 Å². The predicted octanol–water partition coefficient (Wildman–Crippen LogP) is 4.52. The highest BCUT2D eigenvalue weighted by atomic mass is 16.3. The van der Waals surface area contributed by atoms with Crippen molar-refractivity contribution in [2.24, 2.45) is 40.4 Å². The van der Waals surface area contributed by atoms with E-state index in [1.807, 2.05) is 6.08 Å². The van der Waals surface area contributed by atoms with Gasteiger partial charge in [-0.2, -0.15) is 0 Å². The number of carbonyl (C=O) groups excluding carboxylic acids is 1. The number of aliphatic hydroxyl groups excluding tert-OH is 1. The van der Waals surface area contributed by atoms with Crippen LogP contribution in [-0.2, 0) is 4.79 Å². The molecule has 5 aliphatic rings. The molecule has 5 aliphatic carbocycles. The van der Waals surface area contributed by atoms with Gasteiger partial charge in [-0.1, -0.05) is 13.0 Å².